The van der Waals surface area contributed by atoms with E-state index in [1.165, 1.54) is 0 Å². The minimum Gasteiger partial charge on any atom is -0.388 e. The highest BCUT2D eigenvalue weighted by Gasteiger charge is 2.27. The minimum absolute atomic E-state index is 0.159. The lowest BCUT2D eigenvalue weighted by Gasteiger charge is -2.16. The van der Waals surface area contributed by atoms with E-state index in [1.54, 1.807) is 33.2 Å². The van der Waals surface area contributed by atoms with E-state index in [9.17, 15) is 13.5 Å². The number of nitrogens with zero attached hydrogens (tertiary/aromatic N) is 5. The second kappa shape index (κ2) is 8.45. The number of fused-ring (bicyclic) bond motifs is 2. The van der Waals surface area contributed by atoms with E-state index in [0.29, 0.717) is 24.9 Å². The number of aliphatic hydroxyl groups is 1. The first-order valence-corrected chi connectivity index (χ1v) is 12.8. The topological polar surface area (TPSA) is 129 Å². The molecule has 0 amide bonds. The lowest BCUT2D eigenvalue weighted by atomic mass is 10.2. The number of H-pyrrole nitrogens is 1. The summed E-state index contributed by atoms with van der Waals surface area (Å²) in [5.41, 5.74) is 4.61. The fraction of sp³-hybridized carbons (Fsp3) is 0.208. The Hall–Kier alpha value is -3.80. The van der Waals surface area contributed by atoms with Gasteiger partial charge in [-0.1, -0.05) is 12.1 Å². The molecule has 0 saturated carbocycles. The van der Waals surface area contributed by atoms with Gasteiger partial charge in [-0.25, -0.2) is 22.9 Å². The summed E-state index contributed by atoms with van der Waals surface area (Å²) < 4.78 is 29.4. The lowest BCUT2D eigenvalue weighted by Crippen LogP contribution is -2.27. The first-order chi connectivity index (χ1) is 17.0. The fourth-order valence-corrected chi connectivity index (χ4v) is 5.98. The third-order valence-corrected chi connectivity index (χ3v) is 8.06. The Kier molecular flexibility index (Phi) is 5.24. The first-order valence-electron chi connectivity index (χ1n) is 11.3. The normalized spacial score (nSPS) is 14.8. The zero-order valence-electron chi connectivity index (χ0n) is 18.7. The molecule has 2 aromatic carbocycles. The van der Waals surface area contributed by atoms with Gasteiger partial charge in [0.2, 0.25) is 16.0 Å². The Bertz CT molecular complexity index is 1650. The van der Waals surface area contributed by atoms with E-state index in [-0.39, 0.29) is 11.5 Å². The molecular weight excluding hydrogens is 466 g/mol. The maximum atomic E-state index is 13.1. The molecule has 35 heavy (non-hydrogen) atoms. The number of sulfonamides is 1. The van der Waals surface area contributed by atoms with Crippen LogP contribution in [0.3, 0.4) is 0 Å². The second-order valence-corrected chi connectivity index (χ2v) is 10.4. The monoisotopic (exact) mass is 489 g/mol. The number of imidazole rings is 1. The molecule has 4 heterocycles. The van der Waals surface area contributed by atoms with Crippen molar-refractivity contribution in [3.63, 3.8) is 0 Å². The third-order valence-electron chi connectivity index (χ3n) is 6.17. The zero-order valence-corrected chi connectivity index (χ0v) is 19.5. The molecule has 5 aromatic rings. The number of benzene rings is 2. The molecule has 3 aromatic heterocycles. The van der Waals surface area contributed by atoms with E-state index >= 15 is 0 Å². The van der Waals surface area contributed by atoms with Gasteiger partial charge in [0.25, 0.3) is 0 Å². The highest BCUT2D eigenvalue weighted by molar-refractivity contribution is 7.89. The number of aliphatic hydroxyl groups excluding tert-OH is 1. The molecule has 1 fully saturated rings. The number of hydrogen-bond donors (Lipinski definition) is 3. The van der Waals surface area contributed by atoms with Gasteiger partial charge in [0.05, 0.1) is 33.3 Å². The van der Waals surface area contributed by atoms with Crippen LogP contribution in [-0.2, 0) is 16.6 Å². The van der Waals surface area contributed by atoms with Gasteiger partial charge >= 0.3 is 0 Å². The van der Waals surface area contributed by atoms with Crippen LogP contribution < -0.4 is 5.32 Å². The van der Waals surface area contributed by atoms with Crippen LogP contribution in [0.1, 0.15) is 18.7 Å². The third kappa shape index (κ3) is 3.93. The standard InChI is InChI=1S/C24H23N7O3S/c32-15-23-27-20-8-6-17(13-21(20)28-23)26-24-25-14-18-7-9-22(31(18)29-24)16-4-3-5-19(12-16)35(33,34)30-10-1-2-11-30/h3-9,12-14,32H,1-2,10-11,15H2,(H,26,29)(H,27,28). The highest BCUT2D eigenvalue weighted by Crippen LogP contribution is 2.28. The van der Waals surface area contributed by atoms with Crippen molar-refractivity contribution in [3.05, 3.63) is 66.6 Å². The zero-order chi connectivity index (χ0) is 24.0. The molecule has 0 unspecified atom stereocenters. The summed E-state index contributed by atoms with van der Waals surface area (Å²) in [7, 11) is -3.52. The summed E-state index contributed by atoms with van der Waals surface area (Å²) in [4.78, 5) is 12.1. The highest BCUT2D eigenvalue weighted by atomic mass is 32.2. The Morgan fingerprint density at radius 3 is 2.74 bits per heavy atom. The first kappa shape index (κ1) is 21.7. The predicted octanol–water partition coefficient (Wildman–Crippen LogP) is 3.29. The van der Waals surface area contributed by atoms with Gasteiger partial charge in [0.1, 0.15) is 12.4 Å². The average Bonchev–Trinajstić information content (AvgIpc) is 3.63. The summed E-state index contributed by atoms with van der Waals surface area (Å²) >= 11 is 0. The van der Waals surface area contributed by atoms with Crippen LogP contribution in [0.15, 0.2) is 65.7 Å². The maximum absolute atomic E-state index is 13.1. The van der Waals surface area contributed by atoms with Gasteiger partial charge in [-0.15, -0.1) is 5.10 Å². The quantitative estimate of drug-likeness (QED) is 0.334. The van der Waals surface area contributed by atoms with E-state index in [0.717, 1.165) is 46.3 Å². The van der Waals surface area contributed by atoms with Crippen molar-refractivity contribution in [2.75, 3.05) is 18.4 Å². The molecule has 0 radical (unpaired) electrons. The van der Waals surface area contributed by atoms with Crippen molar-refractivity contribution in [3.8, 4) is 11.3 Å². The van der Waals surface area contributed by atoms with Crippen molar-refractivity contribution in [2.45, 2.75) is 24.3 Å². The van der Waals surface area contributed by atoms with Crippen LogP contribution in [0, 0.1) is 0 Å². The van der Waals surface area contributed by atoms with Crippen LogP contribution in [-0.4, -0.2) is 55.5 Å². The van der Waals surface area contributed by atoms with Gasteiger partial charge in [-0.3, -0.25) is 0 Å². The number of hydrogen-bond acceptors (Lipinski definition) is 7. The van der Waals surface area contributed by atoms with Crippen molar-refractivity contribution in [1.82, 2.24) is 28.9 Å². The molecule has 1 saturated heterocycles. The van der Waals surface area contributed by atoms with Crippen molar-refractivity contribution >= 4 is 38.2 Å². The lowest BCUT2D eigenvalue weighted by molar-refractivity contribution is 0.273. The molecular formula is C24H23N7O3S. The molecule has 0 aliphatic carbocycles. The molecule has 10 nitrogen and oxygen atoms in total. The van der Waals surface area contributed by atoms with Crippen molar-refractivity contribution in [1.29, 1.82) is 0 Å². The molecule has 1 aliphatic heterocycles. The Morgan fingerprint density at radius 2 is 1.91 bits per heavy atom. The van der Waals surface area contributed by atoms with Gasteiger partial charge < -0.3 is 15.4 Å². The molecule has 0 spiro atoms. The number of anilines is 2. The largest absolute Gasteiger partial charge is 0.388 e. The van der Waals surface area contributed by atoms with E-state index in [2.05, 4.69) is 25.4 Å². The summed E-state index contributed by atoms with van der Waals surface area (Å²) in [6.07, 6.45) is 3.50. The van der Waals surface area contributed by atoms with E-state index in [4.69, 9.17) is 0 Å². The molecule has 1 aliphatic rings. The summed E-state index contributed by atoms with van der Waals surface area (Å²) in [5.74, 6) is 0.887. The van der Waals surface area contributed by atoms with Crippen LogP contribution >= 0.6 is 0 Å². The SMILES string of the molecule is O=S(=O)(c1cccc(-c2ccc3cnc(Nc4ccc5nc(CO)[nH]c5c4)nn23)c1)N1CCCC1. The fourth-order valence-electron chi connectivity index (χ4n) is 4.42. The summed E-state index contributed by atoms with van der Waals surface area (Å²) in [5, 5.41) is 17.1. The summed E-state index contributed by atoms with van der Waals surface area (Å²) in [6.45, 7) is 0.969. The number of aromatic nitrogens is 5. The molecule has 178 valence electrons. The van der Waals surface area contributed by atoms with Crippen molar-refractivity contribution in [2.24, 2.45) is 0 Å². The Labute approximate surface area is 201 Å². The second-order valence-electron chi connectivity index (χ2n) is 8.47. The van der Waals surface area contributed by atoms with Gasteiger partial charge in [0.15, 0.2) is 0 Å². The summed E-state index contributed by atoms with van der Waals surface area (Å²) in [6, 6.07) is 16.4. The molecule has 11 heteroatoms. The molecule has 0 bridgehead atoms. The Morgan fingerprint density at radius 1 is 1.06 bits per heavy atom. The maximum Gasteiger partial charge on any atom is 0.245 e. The number of aromatic amines is 1. The van der Waals surface area contributed by atoms with E-state index < -0.39 is 10.0 Å². The van der Waals surface area contributed by atoms with Gasteiger partial charge in [-0.05, 0) is 55.3 Å². The molecule has 3 N–H and O–H groups in total. The number of nitrogens with one attached hydrogen (secondary N) is 2. The van der Waals surface area contributed by atoms with Crippen LogP contribution in [0.4, 0.5) is 11.6 Å². The average molecular weight is 490 g/mol. The van der Waals surface area contributed by atoms with Crippen LogP contribution in [0.25, 0.3) is 27.8 Å². The van der Waals surface area contributed by atoms with Crippen molar-refractivity contribution < 1.29 is 13.5 Å². The van der Waals surface area contributed by atoms with E-state index in [1.807, 2.05) is 36.4 Å². The predicted molar refractivity (Wildman–Crippen MR) is 132 cm³/mol. The molecule has 0 atom stereocenters. The van der Waals surface area contributed by atoms with Gasteiger partial charge in [0, 0.05) is 24.3 Å². The molecule has 6 rings (SSSR count). The minimum atomic E-state index is -3.52. The van der Waals surface area contributed by atoms with Crippen LogP contribution in [0.2, 0.25) is 0 Å². The number of rotatable bonds is 6. The van der Waals surface area contributed by atoms with Gasteiger partial charge in [-0.2, -0.15) is 4.31 Å². The Balaban J connectivity index is 1.34. The van der Waals surface area contributed by atoms with Crippen LogP contribution in [0.5, 0.6) is 0 Å². The smallest absolute Gasteiger partial charge is 0.245 e.